The number of nitrogens with one attached hydrogen (secondary N) is 1. The van der Waals surface area contributed by atoms with Crippen molar-refractivity contribution < 1.29 is 4.79 Å². The maximum absolute atomic E-state index is 12.7. The van der Waals surface area contributed by atoms with E-state index < -0.39 is 0 Å². The standard InChI is InChI=1S/C24H20ClN5OS/c1-14-12-15(2)27-24(26-14)30-23-20(21(29-30)16-8-4-3-5-9-16)22(32-13-19(31)28-23)17-10-6-7-11-18(17)25/h3-12,22H,13H2,1-2H3,(H,28,31)/t22-/m0/s1. The number of benzene rings is 2. The molecule has 0 bridgehead atoms. The minimum atomic E-state index is -0.187. The van der Waals surface area contributed by atoms with Gasteiger partial charge in [0.2, 0.25) is 5.91 Å². The van der Waals surface area contributed by atoms with Crippen molar-refractivity contribution in [2.24, 2.45) is 0 Å². The van der Waals surface area contributed by atoms with Crippen molar-refractivity contribution in [1.29, 1.82) is 0 Å². The van der Waals surface area contributed by atoms with Crippen LogP contribution in [0.25, 0.3) is 17.2 Å². The fourth-order valence-electron chi connectivity index (χ4n) is 3.90. The largest absolute Gasteiger partial charge is 0.309 e. The number of hydrogen-bond acceptors (Lipinski definition) is 5. The summed E-state index contributed by atoms with van der Waals surface area (Å²) in [5.41, 5.74) is 5.20. The highest BCUT2D eigenvalue weighted by Crippen LogP contribution is 2.48. The molecule has 4 aromatic rings. The first kappa shape index (κ1) is 20.7. The Balaban J connectivity index is 1.82. The predicted octanol–water partition coefficient (Wildman–Crippen LogP) is 5.37. The van der Waals surface area contributed by atoms with Gasteiger partial charge in [0.1, 0.15) is 5.82 Å². The molecule has 2 aromatic heterocycles. The number of carbonyl (C=O) groups is 1. The van der Waals surface area contributed by atoms with E-state index in [1.807, 2.05) is 74.5 Å². The van der Waals surface area contributed by atoms with Crippen LogP contribution in [0, 0.1) is 13.8 Å². The first-order chi connectivity index (χ1) is 15.5. The number of hydrogen-bond donors (Lipinski definition) is 1. The molecular weight excluding hydrogens is 442 g/mol. The summed E-state index contributed by atoms with van der Waals surface area (Å²) < 4.78 is 1.64. The van der Waals surface area contributed by atoms with Gasteiger partial charge in [0.25, 0.3) is 5.95 Å². The second-order valence-electron chi connectivity index (χ2n) is 7.60. The molecule has 8 heteroatoms. The van der Waals surface area contributed by atoms with Crippen LogP contribution < -0.4 is 5.32 Å². The zero-order valence-corrected chi connectivity index (χ0v) is 19.1. The molecule has 32 heavy (non-hydrogen) atoms. The molecular formula is C24H20ClN5OS. The van der Waals surface area contributed by atoms with E-state index in [2.05, 4.69) is 15.3 Å². The number of carbonyl (C=O) groups excluding carboxylic acids is 1. The van der Waals surface area contributed by atoms with Gasteiger partial charge in [-0.3, -0.25) is 4.79 Å². The van der Waals surface area contributed by atoms with Crippen molar-refractivity contribution in [1.82, 2.24) is 19.7 Å². The Bertz CT molecular complexity index is 1300. The van der Waals surface area contributed by atoms with Crippen molar-refractivity contribution in [3.8, 4) is 17.2 Å². The molecule has 1 aliphatic heterocycles. The van der Waals surface area contributed by atoms with Gasteiger partial charge in [-0.05, 0) is 31.5 Å². The van der Waals surface area contributed by atoms with Crippen LogP contribution in [0.1, 0.15) is 27.8 Å². The highest BCUT2D eigenvalue weighted by atomic mass is 35.5. The summed E-state index contributed by atoms with van der Waals surface area (Å²) in [6.45, 7) is 3.83. The Kier molecular flexibility index (Phi) is 5.45. The lowest BCUT2D eigenvalue weighted by atomic mass is 10.00. The van der Waals surface area contributed by atoms with Gasteiger partial charge in [0.05, 0.1) is 16.7 Å². The smallest absolute Gasteiger partial charge is 0.252 e. The molecule has 0 unspecified atom stereocenters. The Hall–Kier alpha value is -3.16. The molecule has 1 atom stereocenters. The number of aromatic nitrogens is 4. The molecule has 5 rings (SSSR count). The van der Waals surface area contributed by atoms with Crippen LogP contribution in [0.15, 0.2) is 60.7 Å². The average molecular weight is 462 g/mol. The third-order valence-corrected chi connectivity index (χ3v) is 6.81. The maximum Gasteiger partial charge on any atom is 0.252 e. The second-order valence-corrected chi connectivity index (χ2v) is 9.10. The van der Waals surface area contributed by atoms with Crippen molar-refractivity contribution in [3.63, 3.8) is 0 Å². The average Bonchev–Trinajstić information content (AvgIpc) is 3.05. The zero-order valence-electron chi connectivity index (χ0n) is 17.5. The fourth-order valence-corrected chi connectivity index (χ4v) is 5.37. The first-order valence-electron chi connectivity index (χ1n) is 10.2. The lowest BCUT2D eigenvalue weighted by Crippen LogP contribution is -2.17. The van der Waals surface area contributed by atoms with Crippen molar-refractivity contribution in [3.05, 3.63) is 88.2 Å². The molecule has 6 nitrogen and oxygen atoms in total. The number of halogens is 1. The monoisotopic (exact) mass is 461 g/mol. The molecule has 0 spiro atoms. The summed E-state index contributed by atoms with van der Waals surface area (Å²) >= 11 is 8.14. The number of nitrogens with zero attached hydrogens (tertiary/aromatic N) is 4. The molecule has 0 saturated carbocycles. The highest BCUT2D eigenvalue weighted by Gasteiger charge is 2.34. The maximum atomic E-state index is 12.7. The molecule has 0 fully saturated rings. The van der Waals surface area contributed by atoms with Gasteiger partial charge >= 0.3 is 0 Å². The van der Waals surface area contributed by atoms with Gasteiger partial charge in [0, 0.05) is 27.5 Å². The first-order valence-corrected chi connectivity index (χ1v) is 11.6. The van der Waals surface area contributed by atoms with Crippen molar-refractivity contribution >= 4 is 35.1 Å². The lowest BCUT2D eigenvalue weighted by molar-refractivity contribution is -0.113. The normalized spacial score (nSPS) is 15.7. The van der Waals surface area contributed by atoms with E-state index in [0.717, 1.165) is 33.8 Å². The van der Waals surface area contributed by atoms with Crippen molar-refractivity contribution in [2.75, 3.05) is 11.1 Å². The van der Waals surface area contributed by atoms with Gasteiger partial charge in [-0.15, -0.1) is 11.8 Å². The van der Waals surface area contributed by atoms with E-state index in [9.17, 15) is 4.79 Å². The number of amides is 1. The summed E-state index contributed by atoms with van der Waals surface area (Å²) in [6.07, 6.45) is 0. The Labute approximate surface area is 195 Å². The van der Waals surface area contributed by atoms with Gasteiger partial charge in [-0.2, -0.15) is 9.78 Å². The van der Waals surface area contributed by atoms with E-state index in [1.165, 1.54) is 11.8 Å². The van der Waals surface area contributed by atoms with Crippen LogP contribution in [0.3, 0.4) is 0 Å². The summed E-state index contributed by atoms with van der Waals surface area (Å²) in [6, 6.07) is 19.6. The van der Waals surface area contributed by atoms with Crippen LogP contribution in [0.2, 0.25) is 5.02 Å². The van der Waals surface area contributed by atoms with Crippen molar-refractivity contribution in [2.45, 2.75) is 19.1 Å². The highest BCUT2D eigenvalue weighted by molar-refractivity contribution is 8.00. The van der Waals surface area contributed by atoms with Crippen LogP contribution in [-0.4, -0.2) is 31.4 Å². The molecule has 2 aromatic carbocycles. The van der Waals surface area contributed by atoms with E-state index >= 15 is 0 Å². The number of fused-ring (bicyclic) bond motifs is 1. The van der Waals surface area contributed by atoms with Gasteiger partial charge in [-0.25, -0.2) is 9.97 Å². The molecule has 0 saturated heterocycles. The number of anilines is 1. The van der Waals surface area contributed by atoms with E-state index in [-0.39, 0.29) is 11.2 Å². The van der Waals surface area contributed by atoms with Gasteiger partial charge < -0.3 is 5.32 Å². The molecule has 0 aliphatic carbocycles. The fraction of sp³-hybridized carbons (Fsp3) is 0.167. The molecule has 3 heterocycles. The Morgan fingerprint density at radius 3 is 2.44 bits per heavy atom. The van der Waals surface area contributed by atoms with Crippen LogP contribution in [0.4, 0.5) is 5.82 Å². The van der Waals surface area contributed by atoms with E-state index in [0.29, 0.717) is 22.5 Å². The van der Waals surface area contributed by atoms with E-state index in [1.54, 1.807) is 4.68 Å². The summed E-state index contributed by atoms with van der Waals surface area (Å²) in [4.78, 5) is 21.9. The Morgan fingerprint density at radius 2 is 1.72 bits per heavy atom. The number of aryl methyl sites for hydroxylation is 2. The zero-order chi connectivity index (χ0) is 22.2. The number of thioether (sulfide) groups is 1. The Morgan fingerprint density at radius 1 is 1.03 bits per heavy atom. The van der Waals surface area contributed by atoms with Gasteiger partial charge in [0.15, 0.2) is 0 Å². The third kappa shape index (κ3) is 3.78. The topological polar surface area (TPSA) is 72.7 Å². The molecule has 1 N–H and O–H groups in total. The van der Waals surface area contributed by atoms with Crippen LogP contribution in [-0.2, 0) is 4.79 Å². The molecule has 1 aliphatic rings. The molecule has 0 radical (unpaired) electrons. The molecule has 160 valence electrons. The van der Waals surface area contributed by atoms with Gasteiger partial charge in [-0.1, -0.05) is 60.1 Å². The summed E-state index contributed by atoms with van der Waals surface area (Å²) in [7, 11) is 0. The SMILES string of the molecule is Cc1cc(C)nc(-n2nc(-c3ccccc3)c3c2NC(=O)CS[C@H]3c2ccccc2Cl)n1. The minimum absolute atomic E-state index is 0.101. The molecule has 1 amide bonds. The van der Waals surface area contributed by atoms with Crippen LogP contribution >= 0.6 is 23.4 Å². The lowest BCUT2D eigenvalue weighted by Gasteiger charge is -2.17. The minimum Gasteiger partial charge on any atom is -0.309 e. The van der Waals surface area contributed by atoms with E-state index in [4.69, 9.17) is 16.7 Å². The summed E-state index contributed by atoms with van der Waals surface area (Å²) in [5.74, 6) is 1.20. The quantitative estimate of drug-likeness (QED) is 0.443. The summed E-state index contributed by atoms with van der Waals surface area (Å²) in [5, 5.41) is 8.44. The second kappa shape index (κ2) is 8.41. The third-order valence-electron chi connectivity index (χ3n) is 5.22. The number of rotatable bonds is 3. The predicted molar refractivity (Wildman–Crippen MR) is 128 cm³/mol. The van der Waals surface area contributed by atoms with Crippen LogP contribution in [0.5, 0.6) is 0 Å².